The maximum atomic E-state index is 13.0. The van der Waals surface area contributed by atoms with Crippen molar-refractivity contribution in [1.82, 2.24) is 15.5 Å². The minimum atomic E-state index is -1.07. The van der Waals surface area contributed by atoms with Crippen LogP contribution in [0.1, 0.15) is 32.4 Å². The van der Waals surface area contributed by atoms with Crippen molar-refractivity contribution in [3.63, 3.8) is 0 Å². The highest BCUT2D eigenvalue weighted by atomic mass is 32.2. The molecule has 2 unspecified atom stereocenters. The fourth-order valence-corrected chi connectivity index (χ4v) is 5.23. The lowest BCUT2D eigenvalue weighted by Gasteiger charge is -2.44. The van der Waals surface area contributed by atoms with E-state index in [2.05, 4.69) is 10.6 Å². The van der Waals surface area contributed by atoms with Crippen LogP contribution in [0.2, 0.25) is 0 Å². The lowest BCUT2D eigenvalue weighted by Crippen LogP contribution is -2.71. The molecule has 5 N–H and O–H groups in total. The summed E-state index contributed by atoms with van der Waals surface area (Å²) in [7, 11) is 0. The van der Waals surface area contributed by atoms with Gasteiger partial charge in [-0.05, 0) is 26.3 Å². The van der Waals surface area contributed by atoms with Crippen molar-refractivity contribution >= 4 is 35.5 Å². The molecular weight excluding hydrogens is 396 g/mol. The van der Waals surface area contributed by atoms with E-state index >= 15 is 0 Å². The van der Waals surface area contributed by atoms with Gasteiger partial charge in [-0.15, -0.1) is 11.8 Å². The summed E-state index contributed by atoms with van der Waals surface area (Å²) in [4.78, 5) is 50.5. The zero-order chi connectivity index (χ0) is 21.5. The van der Waals surface area contributed by atoms with Crippen LogP contribution in [-0.4, -0.2) is 61.9 Å². The Morgan fingerprint density at radius 3 is 2.38 bits per heavy atom. The van der Waals surface area contributed by atoms with Gasteiger partial charge in [-0.3, -0.25) is 14.4 Å². The SMILES string of the molecule is CC(N)C(=O)NC(C(=O)N[C@@H]1C(=O)N2[C@@H]1SC(C)(C)[C@@H]2C(=O)O)c1ccccc1. The van der Waals surface area contributed by atoms with Crippen LogP contribution in [-0.2, 0) is 19.2 Å². The fourth-order valence-electron chi connectivity index (χ4n) is 3.60. The molecule has 0 aliphatic carbocycles. The Kier molecular flexibility index (Phi) is 5.59. The zero-order valence-corrected chi connectivity index (χ0v) is 17.1. The second-order valence-electron chi connectivity index (χ2n) is 7.73. The Morgan fingerprint density at radius 1 is 1.21 bits per heavy atom. The van der Waals surface area contributed by atoms with Crippen molar-refractivity contribution in [3.05, 3.63) is 35.9 Å². The number of amides is 3. The number of carboxylic acid groups (broad SMARTS) is 1. The highest BCUT2D eigenvalue weighted by Gasteiger charge is 2.64. The van der Waals surface area contributed by atoms with Gasteiger partial charge >= 0.3 is 5.97 Å². The summed E-state index contributed by atoms with van der Waals surface area (Å²) < 4.78 is -0.687. The number of fused-ring (bicyclic) bond motifs is 1. The second-order valence-corrected chi connectivity index (χ2v) is 9.50. The minimum Gasteiger partial charge on any atom is -0.480 e. The van der Waals surface area contributed by atoms with E-state index in [1.54, 1.807) is 44.2 Å². The molecule has 10 heteroatoms. The van der Waals surface area contributed by atoms with Crippen LogP contribution in [0.25, 0.3) is 0 Å². The number of nitrogens with one attached hydrogen (secondary N) is 2. The third kappa shape index (κ3) is 3.82. The summed E-state index contributed by atoms with van der Waals surface area (Å²) >= 11 is 1.34. The van der Waals surface area contributed by atoms with Gasteiger partial charge in [0, 0.05) is 4.75 Å². The predicted octanol–water partition coefficient (Wildman–Crippen LogP) is -0.177. The molecular formula is C19H24N4O5S. The summed E-state index contributed by atoms with van der Waals surface area (Å²) in [6.07, 6.45) is 0. The monoisotopic (exact) mass is 420 g/mol. The maximum Gasteiger partial charge on any atom is 0.327 e. The van der Waals surface area contributed by atoms with Crippen molar-refractivity contribution in [2.45, 2.75) is 55.1 Å². The van der Waals surface area contributed by atoms with E-state index in [4.69, 9.17) is 5.73 Å². The summed E-state index contributed by atoms with van der Waals surface area (Å²) in [5, 5.41) is 14.3. The highest BCUT2D eigenvalue weighted by molar-refractivity contribution is 8.01. The van der Waals surface area contributed by atoms with Crippen LogP contribution in [0.15, 0.2) is 30.3 Å². The molecule has 0 bridgehead atoms. The van der Waals surface area contributed by atoms with Gasteiger partial charge in [0.15, 0.2) is 0 Å². The van der Waals surface area contributed by atoms with Crippen LogP contribution in [0.4, 0.5) is 0 Å². The van der Waals surface area contributed by atoms with E-state index < -0.39 is 58.0 Å². The number of β-lactam (4-membered cyclic amide) rings is 1. The first-order chi connectivity index (χ1) is 13.5. The molecule has 156 valence electrons. The highest BCUT2D eigenvalue weighted by Crippen LogP contribution is 2.50. The van der Waals surface area contributed by atoms with Gasteiger partial charge in [0.1, 0.15) is 23.5 Å². The Labute approximate surface area is 172 Å². The van der Waals surface area contributed by atoms with E-state index in [0.717, 1.165) is 0 Å². The number of carboxylic acids is 1. The van der Waals surface area contributed by atoms with Gasteiger partial charge in [0.05, 0.1) is 6.04 Å². The van der Waals surface area contributed by atoms with Gasteiger partial charge in [0.25, 0.3) is 0 Å². The van der Waals surface area contributed by atoms with Gasteiger partial charge in [-0.2, -0.15) is 0 Å². The first-order valence-electron chi connectivity index (χ1n) is 9.18. The predicted molar refractivity (Wildman–Crippen MR) is 107 cm³/mol. The molecule has 3 rings (SSSR count). The number of aliphatic carboxylic acids is 1. The Hall–Kier alpha value is -2.59. The maximum absolute atomic E-state index is 13.0. The molecule has 2 aliphatic rings. The largest absolute Gasteiger partial charge is 0.480 e. The first-order valence-corrected chi connectivity index (χ1v) is 10.1. The van der Waals surface area contributed by atoms with E-state index in [9.17, 15) is 24.3 Å². The summed E-state index contributed by atoms with van der Waals surface area (Å²) in [5.74, 6) is -2.58. The Bertz CT molecular complexity index is 844. The van der Waals surface area contributed by atoms with E-state index in [1.807, 2.05) is 0 Å². The van der Waals surface area contributed by atoms with E-state index in [1.165, 1.54) is 23.6 Å². The fraction of sp³-hybridized carbons (Fsp3) is 0.474. The van der Waals surface area contributed by atoms with Crippen molar-refractivity contribution in [1.29, 1.82) is 0 Å². The average Bonchev–Trinajstić information content (AvgIpc) is 2.92. The first kappa shape index (κ1) is 21.1. The van der Waals surface area contributed by atoms with Gasteiger partial charge < -0.3 is 26.4 Å². The lowest BCUT2D eigenvalue weighted by molar-refractivity contribution is -0.161. The number of benzene rings is 1. The third-order valence-electron chi connectivity index (χ3n) is 5.07. The second kappa shape index (κ2) is 7.68. The molecule has 2 saturated heterocycles. The molecule has 29 heavy (non-hydrogen) atoms. The smallest absolute Gasteiger partial charge is 0.327 e. The number of rotatable bonds is 6. The van der Waals surface area contributed by atoms with Crippen molar-refractivity contribution in [2.24, 2.45) is 5.73 Å². The van der Waals surface area contributed by atoms with Crippen LogP contribution < -0.4 is 16.4 Å². The van der Waals surface area contributed by atoms with Crippen LogP contribution in [0.3, 0.4) is 0 Å². The number of hydrogen-bond donors (Lipinski definition) is 4. The van der Waals surface area contributed by atoms with Crippen LogP contribution in [0, 0.1) is 0 Å². The molecule has 5 atom stereocenters. The number of nitrogens with two attached hydrogens (primary N) is 1. The van der Waals surface area contributed by atoms with Gasteiger partial charge in [-0.1, -0.05) is 30.3 Å². The molecule has 0 saturated carbocycles. The van der Waals surface area contributed by atoms with Crippen LogP contribution in [0.5, 0.6) is 0 Å². The average molecular weight is 420 g/mol. The molecule has 0 aromatic heterocycles. The molecule has 1 aromatic carbocycles. The van der Waals surface area contributed by atoms with Gasteiger partial charge in [-0.25, -0.2) is 4.79 Å². The molecule has 0 spiro atoms. The molecule has 0 radical (unpaired) electrons. The molecule has 9 nitrogen and oxygen atoms in total. The molecule has 2 heterocycles. The number of nitrogens with zero attached hydrogens (tertiary/aromatic N) is 1. The summed E-state index contributed by atoms with van der Waals surface area (Å²) in [5.41, 5.74) is 6.15. The van der Waals surface area contributed by atoms with Crippen molar-refractivity contribution in [2.75, 3.05) is 0 Å². The van der Waals surface area contributed by atoms with Crippen LogP contribution >= 0.6 is 11.8 Å². The van der Waals surface area contributed by atoms with Gasteiger partial charge in [0.2, 0.25) is 17.7 Å². The molecule has 3 amide bonds. The summed E-state index contributed by atoms with van der Waals surface area (Å²) in [6, 6.07) is 4.98. The van der Waals surface area contributed by atoms with E-state index in [-0.39, 0.29) is 0 Å². The number of carbonyl (C=O) groups excluding carboxylic acids is 3. The topological polar surface area (TPSA) is 142 Å². The number of thioether (sulfide) groups is 1. The molecule has 2 aliphatic heterocycles. The van der Waals surface area contributed by atoms with E-state index in [0.29, 0.717) is 5.56 Å². The zero-order valence-electron chi connectivity index (χ0n) is 16.3. The van der Waals surface area contributed by atoms with Crippen molar-refractivity contribution < 1.29 is 24.3 Å². The summed E-state index contributed by atoms with van der Waals surface area (Å²) in [6.45, 7) is 5.03. The Morgan fingerprint density at radius 2 is 1.83 bits per heavy atom. The quantitative estimate of drug-likeness (QED) is 0.468. The third-order valence-corrected chi connectivity index (χ3v) is 6.64. The molecule has 2 fully saturated rings. The molecule has 1 aromatic rings. The number of carbonyl (C=O) groups is 4. The van der Waals surface area contributed by atoms with Crippen molar-refractivity contribution in [3.8, 4) is 0 Å². The minimum absolute atomic E-state index is 0.445. The standard InChI is InChI=1S/C19H24N4O5S/c1-9(20)14(24)21-11(10-7-5-4-6-8-10)15(25)22-12-16(26)23-13(18(27)28)19(2,3)29-17(12)23/h4-9,11-13,17H,20H2,1-3H3,(H,21,24)(H,22,25)(H,27,28)/t9?,11?,12-,13+,17-/m1/s1. The lowest BCUT2D eigenvalue weighted by atomic mass is 9.95. The Balaban J connectivity index is 1.78. The number of hydrogen-bond acceptors (Lipinski definition) is 6. The normalized spacial score (nSPS) is 26.7.